The van der Waals surface area contributed by atoms with Gasteiger partial charge in [0, 0.05) is 0 Å². The second-order valence-corrected chi connectivity index (χ2v) is 9.61. The summed E-state index contributed by atoms with van der Waals surface area (Å²) in [5.41, 5.74) is 6.89. The molecule has 3 nitrogen and oxygen atoms in total. The normalized spacial score (nSPS) is 19.9. The summed E-state index contributed by atoms with van der Waals surface area (Å²) in [6.45, 7) is 12.8. The molecule has 0 aromatic heterocycles. The van der Waals surface area contributed by atoms with E-state index < -0.39 is 0 Å². The minimum Gasteiger partial charge on any atom is -0.508 e. The molecule has 0 saturated heterocycles. The van der Waals surface area contributed by atoms with Crippen LogP contribution in [-0.2, 0) is 6.42 Å². The first-order chi connectivity index (χ1) is 14.6. The fraction of sp³-hybridized carbons (Fsp3) is 0.571. The van der Waals surface area contributed by atoms with Crippen LogP contribution in [0.1, 0.15) is 89.3 Å². The lowest BCUT2D eigenvalue weighted by Crippen LogP contribution is -2.36. The summed E-state index contributed by atoms with van der Waals surface area (Å²) in [5, 5.41) is 19.1. The zero-order chi connectivity index (χ0) is 23.0. The summed E-state index contributed by atoms with van der Waals surface area (Å²) in [6.07, 6.45) is 15.1. The molecule has 0 amide bonds. The average molecular weight is 427 g/mol. The molecule has 0 spiro atoms. The van der Waals surface area contributed by atoms with E-state index in [1.54, 1.807) is 0 Å². The zero-order valence-corrected chi connectivity index (χ0v) is 20.5. The number of aliphatic hydroxyl groups is 1. The Labute approximate surface area is 189 Å². The third kappa shape index (κ3) is 7.57. The van der Waals surface area contributed by atoms with Gasteiger partial charge in [-0.15, -0.1) is 0 Å². The lowest BCUT2D eigenvalue weighted by atomic mass is 9.87. The van der Waals surface area contributed by atoms with Gasteiger partial charge in [0.1, 0.15) is 17.1 Å². The minimum atomic E-state index is -0.144. The maximum absolute atomic E-state index is 10.1. The van der Waals surface area contributed by atoms with Crippen molar-refractivity contribution in [2.45, 2.75) is 98.5 Å². The van der Waals surface area contributed by atoms with Crippen LogP contribution < -0.4 is 4.74 Å². The Kier molecular flexibility index (Phi) is 9.43. The number of allylic oxidation sites excluding steroid dienone is 5. The van der Waals surface area contributed by atoms with Crippen molar-refractivity contribution < 1.29 is 14.9 Å². The SMILES string of the molecule is CC(=CCCC(C)=CCCC(C)=CCCC1(C)CCc2cc(O)c(C)c(C)c2O1)CO. The number of phenols is 1. The minimum absolute atomic E-state index is 0.144. The predicted molar refractivity (Wildman–Crippen MR) is 131 cm³/mol. The highest BCUT2D eigenvalue weighted by Crippen LogP contribution is 2.41. The van der Waals surface area contributed by atoms with Gasteiger partial charge in [0.2, 0.25) is 0 Å². The molecule has 1 unspecified atom stereocenters. The molecule has 31 heavy (non-hydrogen) atoms. The smallest absolute Gasteiger partial charge is 0.126 e. The first-order valence-corrected chi connectivity index (χ1v) is 11.7. The topological polar surface area (TPSA) is 49.7 Å². The van der Waals surface area contributed by atoms with Gasteiger partial charge in [0.15, 0.2) is 0 Å². The quantitative estimate of drug-likeness (QED) is 0.387. The van der Waals surface area contributed by atoms with Crippen molar-refractivity contribution in [3.05, 3.63) is 57.7 Å². The van der Waals surface area contributed by atoms with Crippen molar-refractivity contribution in [1.82, 2.24) is 0 Å². The van der Waals surface area contributed by atoms with E-state index >= 15 is 0 Å². The lowest BCUT2D eigenvalue weighted by Gasteiger charge is -2.37. The number of hydrogen-bond acceptors (Lipinski definition) is 3. The van der Waals surface area contributed by atoms with Gasteiger partial charge >= 0.3 is 0 Å². The van der Waals surface area contributed by atoms with Crippen LogP contribution in [0.2, 0.25) is 0 Å². The number of aryl methyl sites for hydroxylation is 1. The van der Waals surface area contributed by atoms with E-state index in [1.165, 1.54) is 11.1 Å². The van der Waals surface area contributed by atoms with Crippen molar-refractivity contribution in [3.8, 4) is 11.5 Å². The summed E-state index contributed by atoms with van der Waals surface area (Å²) in [5.74, 6) is 1.36. The molecule has 1 aliphatic rings. The van der Waals surface area contributed by atoms with Crippen molar-refractivity contribution in [2.75, 3.05) is 6.61 Å². The summed E-state index contributed by atoms with van der Waals surface area (Å²) in [6, 6.07) is 1.88. The first-order valence-electron chi connectivity index (χ1n) is 11.7. The van der Waals surface area contributed by atoms with E-state index in [1.807, 2.05) is 26.8 Å². The van der Waals surface area contributed by atoms with Crippen LogP contribution in [0.4, 0.5) is 0 Å². The van der Waals surface area contributed by atoms with E-state index in [0.717, 1.165) is 79.4 Å². The van der Waals surface area contributed by atoms with Gasteiger partial charge in [-0.25, -0.2) is 0 Å². The van der Waals surface area contributed by atoms with E-state index in [4.69, 9.17) is 9.84 Å². The molecule has 0 bridgehead atoms. The fourth-order valence-electron chi connectivity index (χ4n) is 4.13. The van der Waals surface area contributed by atoms with E-state index in [0.29, 0.717) is 5.75 Å². The number of aliphatic hydroxyl groups excluding tert-OH is 1. The molecular weight excluding hydrogens is 384 g/mol. The van der Waals surface area contributed by atoms with Crippen molar-refractivity contribution in [3.63, 3.8) is 0 Å². The third-order valence-electron chi connectivity index (χ3n) is 6.64. The lowest BCUT2D eigenvalue weighted by molar-refractivity contribution is 0.0560. The van der Waals surface area contributed by atoms with Gasteiger partial charge in [-0.3, -0.25) is 0 Å². The largest absolute Gasteiger partial charge is 0.508 e. The monoisotopic (exact) mass is 426 g/mol. The third-order valence-corrected chi connectivity index (χ3v) is 6.64. The maximum atomic E-state index is 10.1. The Balaban J connectivity index is 1.81. The van der Waals surface area contributed by atoms with Crippen molar-refractivity contribution in [2.24, 2.45) is 0 Å². The number of aromatic hydroxyl groups is 1. The van der Waals surface area contributed by atoms with Crippen LogP contribution in [0.15, 0.2) is 41.0 Å². The molecule has 0 radical (unpaired) electrons. The Hall–Kier alpha value is -2.00. The molecule has 1 heterocycles. The van der Waals surface area contributed by atoms with Gasteiger partial charge < -0.3 is 14.9 Å². The van der Waals surface area contributed by atoms with Crippen LogP contribution in [0.25, 0.3) is 0 Å². The van der Waals surface area contributed by atoms with Crippen LogP contribution in [-0.4, -0.2) is 22.4 Å². The molecule has 1 aromatic rings. The Bertz CT molecular complexity index is 844. The Morgan fingerprint density at radius 3 is 2.16 bits per heavy atom. The second-order valence-electron chi connectivity index (χ2n) is 9.61. The molecule has 1 aromatic carbocycles. The molecule has 1 aliphatic heterocycles. The molecule has 2 N–H and O–H groups in total. The molecule has 0 aliphatic carbocycles. The summed E-state index contributed by atoms with van der Waals surface area (Å²) in [4.78, 5) is 0. The molecule has 3 heteroatoms. The number of hydrogen-bond donors (Lipinski definition) is 2. The zero-order valence-electron chi connectivity index (χ0n) is 20.5. The van der Waals surface area contributed by atoms with Gasteiger partial charge in [0.05, 0.1) is 6.61 Å². The van der Waals surface area contributed by atoms with E-state index in [-0.39, 0.29) is 12.2 Å². The average Bonchev–Trinajstić information content (AvgIpc) is 2.72. The van der Waals surface area contributed by atoms with Crippen LogP contribution >= 0.6 is 0 Å². The fourth-order valence-corrected chi connectivity index (χ4v) is 4.13. The molecule has 172 valence electrons. The van der Waals surface area contributed by atoms with Gasteiger partial charge in [-0.1, -0.05) is 34.9 Å². The standard InChI is InChI=1S/C28H42O3/c1-20(12-8-13-22(3)19-29)10-7-11-21(2)14-9-16-28(6)17-15-25-18-26(30)23(4)24(5)27(25)31-28/h10,13-14,18,29-30H,7-9,11-12,15-17,19H2,1-6H3. The molecule has 1 atom stereocenters. The molecule has 0 fully saturated rings. The summed E-state index contributed by atoms with van der Waals surface area (Å²) < 4.78 is 6.47. The highest BCUT2D eigenvalue weighted by atomic mass is 16.5. The predicted octanol–water partition coefficient (Wildman–Crippen LogP) is 7.26. The number of phenolic OH excluding ortho intramolecular Hbond substituents is 1. The van der Waals surface area contributed by atoms with E-state index in [9.17, 15) is 5.11 Å². The number of fused-ring (bicyclic) bond motifs is 1. The highest BCUT2D eigenvalue weighted by molar-refractivity contribution is 5.53. The van der Waals surface area contributed by atoms with Gasteiger partial charge in [-0.05, 0) is 116 Å². The van der Waals surface area contributed by atoms with Gasteiger partial charge in [0.25, 0.3) is 0 Å². The van der Waals surface area contributed by atoms with Crippen LogP contribution in [0, 0.1) is 13.8 Å². The van der Waals surface area contributed by atoms with Crippen LogP contribution in [0.5, 0.6) is 11.5 Å². The number of benzene rings is 1. The number of ether oxygens (including phenoxy) is 1. The summed E-state index contributed by atoms with van der Waals surface area (Å²) in [7, 11) is 0. The number of rotatable bonds is 10. The van der Waals surface area contributed by atoms with Crippen LogP contribution in [0.3, 0.4) is 0 Å². The Morgan fingerprint density at radius 1 is 0.968 bits per heavy atom. The van der Waals surface area contributed by atoms with Crippen molar-refractivity contribution in [1.29, 1.82) is 0 Å². The molecular formula is C28H42O3. The first kappa shape index (κ1) is 25.3. The van der Waals surface area contributed by atoms with Crippen molar-refractivity contribution >= 4 is 0 Å². The summed E-state index contributed by atoms with van der Waals surface area (Å²) >= 11 is 0. The van der Waals surface area contributed by atoms with E-state index in [2.05, 4.69) is 39.0 Å². The molecule has 2 rings (SSSR count). The van der Waals surface area contributed by atoms with Gasteiger partial charge in [-0.2, -0.15) is 0 Å². The Morgan fingerprint density at radius 2 is 1.55 bits per heavy atom. The maximum Gasteiger partial charge on any atom is 0.126 e. The highest BCUT2D eigenvalue weighted by Gasteiger charge is 2.32. The second kappa shape index (κ2) is 11.6. The molecule has 0 saturated carbocycles.